The summed E-state index contributed by atoms with van der Waals surface area (Å²) in [6.45, 7) is 0.165. The SMILES string of the molecule is COc1ccc(CN2C(=O)COc3ccc(-n4nc(CCC=O)oc4=O)nc32)cc1. The minimum absolute atomic E-state index is 0.107. The number of aryl methyl sites for hydroxylation is 1. The zero-order chi connectivity index (χ0) is 21.1. The monoisotopic (exact) mass is 410 g/mol. The predicted molar refractivity (Wildman–Crippen MR) is 104 cm³/mol. The number of nitrogens with zero attached hydrogens (tertiary/aromatic N) is 4. The molecule has 0 fully saturated rings. The fraction of sp³-hybridized carbons (Fsp3) is 0.250. The quantitative estimate of drug-likeness (QED) is 0.535. The van der Waals surface area contributed by atoms with Crippen LogP contribution < -0.4 is 20.1 Å². The Morgan fingerprint density at radius 2 is 1.97 bits per heavy atom. The fourth-order valence-electron chi connectivity index (χ4n) is 3.01. The molecule has 2 aromatic heterocycles. The van der Waals surface area contributed by atoms with E-state index < -0.39 is 5.76 Å². The molecule has 4 rings (SSSR count). The second-order valence-corrected chi connectivity index (χ2v) is 6.49. The van der Waals surface area contributed by atoms with Gasteiger partial charge in [0, 0.05) is 12.8 Å². The van der Waals surface area contributed by atoms with Gasteiger partial charge < -0.3 is 18.7 Å². The number of benzene rings is 1. The Bertz CT molecular complexity index is 1130. The molecule has 1 aliphatic rings. The molecule has 0 radical (unpaired) electrons. The Hall–Kier alpha value is -3.95. The first-order valence-corrected chi connectivity index (χ1v) is 9.19. The van der Waals surface area contributed by atoms with E-state index in [1.807, 2.05) is 12.1 Å². The third-order valence-corrected chi connectivity index (χ3v) is 4.51. The lowest BCUT2D eigenvalue weighted by Crippen LogP contribution is -2.39. The number of ether oxygens (including phenoxy) is 2. The Morgan fingerprint density at radius 1 is 1.17 bits per heavy atom. The van der Waals surface area contributed by atoms with Gasteiger partial charge in [0.2, 0.25) is 5.89 Å². The molecule has 1 amide bonds. The largest absolute Gasteiger partial charge is 0.497 e. The Morgan fingerprint density at radius 3 is 2.70 bits per heavy atom. The van der Waals surface area contributed by atoms with Crippen molar-refractivity contribution in [1.29, 1.82) is 0 Å². The van der Waals surface area contributed by atoms with Gasteiger partial charge in [0.25, 0.3) is 5.91 Å². The van der Waals surface area contributed by atoms with Gasteiger partial charge in [-0.05, 0) is 29.8 Å². The van der Waals surface area contributed by atoms with E-state index in [9.17, 15) is 14.4 Å². The molecular weight excluding hydrogens is 392 g/mol. The van der Waals surface area contributed by atoms with Crippen molar-refractivity contribution in [3.05, 3.63) is 58.4 Å². The third-order valence-electron chi connectivity index (χ3n) is 4.51. The van der Waals surface area contributed by atoms with Crippen LogP contribution in [0.1, 0.15) is 17.9 Å². The molecule has 1 aromatic carbocycles. The standard InChI is InChI=1S/C20H18N4O6/c1-28-14-6-4-13(5-7-14)11-23-18(26)12-29-15-8-9-16(21-19(15)23)24-20(27)30-17(22-24)3-2-10-25/h4-10H,2-3,11-12H2,1H3. The first-order valence-electron chi connectivity index (χ1n) is 9.19. The van der Waals surface area contributed by atoms with Crippen LogP contribution in [0, 0.1) is 0 Å². The van der Waals surface area contributed by atoms with Gasteiger partial charge >= 0.3 is 5.76 Å². The maximum Gasteiger partial charge on any atom is 0.443 e. The van der Waals surface area contributed by atoms with Gasteiger partial charge in [0.1, 0.15) is 12.0 Å². The number of carbonyl (C=O) groups is 2. The van der Waals surface area contributed by atoms with Gasteiger partial charge in [0.15, 0.2) is 24.0 Å². The number of amides is 1. The minimum Gasteiger partial charge on any atom is -0.497 e. The molecule has 30 heavy (non-hydrogen) atoms. The number of pyridine rings is 1. The molecule has 3 aromatic rings. The van der Waals surface area contributed by atoms with Crippen molar-refractivity contribution in [2.75, 3.05) is 18.6 Å². The molecule has 0 saturated heterocycles. The first kappa shape index (κ1) is 19.4. The highest BCUT2D eigenvalue weighted by molar-refractivity contribution is 5.96. The molecule has 0 unspecified atom stereocenters. The van der Waals surface area contributed by atoms with Crippen LogP contribution in [0.4, 0.5) is 5.82 Å². The number of fused-ring (bicyclic) bond motifs is 1. The van der Waals surface area contributed by atoms with Crippen LogP contribution in [0.2, 0.25) is 0 Å². The Balaban J connectivity index is 1.67. The summed E-state index contributed by atoms with van der Waals surface area (Å²) in [4.78, 5) is 41.1. The number of aldehydes is 1. The highest BCUT2D eigenvalue weighted by Gasteiger charge is 2.28. The van der Waals surface area contributed by atoms with Crippen molar-refractivity contribution in [2.45, 2.75) is 19.4 Å². The molecule has 1 aliphatic heterocycles. The highest BCUT2D eigenvalue weighted by atomic mass is 16.5. The van der Waals surface area contributed by atoms with Crippen LogP contribution in [-0.4, -0.2) is 40.7 Å². The summed E-state index contributed by atoms with van der Waals surface area (Å²) in [6, 6.07) is 10.5. The maximum absolute atomic E-state index is 12.5. The number of carbonyl (C=O) groups excluding carboxylic acids is 2. The van der Waals surface area contributed by atoms with E-state index in [0.29, 0.717) is 11.5 Å². The molecule has 0 saturated carbocycles. The summed E-state index contributed by atoms with van der Waals surface area (Å²) in [6.07, 6.45) is 1.12. The molecular formula is C20H18N4O6. The molecule has 0 aliphatic carbocycles. The van der Waals surface area contributed by atoms with E-state index in [1.54, 1.807) is 31.4 Å². The Labute approximate surface area is 170 Å². The summed E-state index contributed by atoms with van der Waals surface area (Å²) in [5.74, 6) is 0.735. The van der Waals surface area contributed by atoms with Crippen molar-refractivity contribution in [2.24, 2.45) is 0 Å². The summed E-state index contributed by atoms with van der Waals surface area (Å²) in [5.41, 5.74) is 0.874. The van der Waals surface area contributed by atoms with E-state index in [2.05, 4.69) is 10.1 Å². The second kappa shape index (κ2) is 8.19. The molecule has 10 heteroatoms. The average molecular weight is 410 g/mol. The van der Waals surface area contributed by atoms with Crippen LogP contribution in [-0.2, 0) is 22.6 Å². The molecule has 0 bridgehead atoms. The fourth-order valence-corrected chi connectivity index (χ4v) is 3.01. The minimum atomic E-state index is -0.729. The average Bonchev–Trinajstić information content (AvgIpc) is 3.15. The van der Waals surface area contributed by atoms with Crippen LogP contribution >= 0.6 is 0 Å². The van der Waals surface area contributed by atoms with Crippen molar-refractivity contribution in [3.63, 3.8) is 0 Å². The van der Waals surface area contributed by atoms with E-state index in [0.717, 1.165) is 16.5 Å². The summed E-state index contributed by atoms with van der Waals surface area (Å²) in [7, 11) is 1.58. The maximum atomic E-state index is 12.5. The lowest BCUT2D eigenvalue weighted by atomic mass is 10.2. The van der Waals surface area contributed by atoms with Gasteiger partial charge in [-0.15, -0.1) is 9.78 Å². The van der Waals surface area contributed by atoms with Crippen LogP contribution in [0.15, 0.2) is 45.6 Å². The van der Waals surface area contributed by atoms with Gasteiger partial charge in [-0.2, -0.15) is 0 Å². The summed E-state index contributed by atoms with van der Waals surface area (Å²) >= 11 is 0. The Kier molecular flexibility index (Phi) is 5.29. The molecule has 10 nitrogen and oxygen atoms in total. The number of anilines is 1. The zero-order valence-electron chi connectivity index (χ0n) is 16.1. The van der Waals surface area contributed by atoms with Crippen LogP contribution in [0.5, 0.6) is 11.5 Å². The normalized spacial score (nSPS) is 13.0. The molecule has 0 N–H and O–H groups in total. The van der Waals surface area contributed by atoms with Gasteiger partial charge in [-0.25, -0.2) is 9.78 Å². The number of aromatic nitrogens is 3. The number of methoxy groups -OCH3 is 1. The smallest absolute Gasteiger partial charge is 0.443 e. The van der Waals surface area contributed by atoms with E-state index in [4.69, 9.17) is 13.9 Å². The van der Waals surface area contributed by atoms with Crippen molar-refractivity contribution in [3.8, 4) is 17.3 Å². The number of hydrogen-bond acceptors (Lipinski definition) is 8. The molecule has 3 heterocycles. The third kappa shape index (κ3) is 3.79. The van der Waals surface area contributed by atoms with Crippen molar-refractivity contribution >= 4 is 18.0 Å². The number of hydrogen-bond donors (Lipinski definition) is 0. The molecule has 0 spiro atoms. The van der Waals surface area contributed by atoms with Gasteiger partial charge in [-0.1, -0.05) is 12.1 Å². The van der Waals surface area contributed by atoms with E-state index in [-0.39, 0.29) is 49.4 Å². The molecule has 0 atom stereocenters. The summed E-state index contributed by atoms with van der Waals surface area (Å²) in [5, 5.41) is 4.07. The van der Waals surface area contributed by atoms with Crippen LogP contribution in [0.3, 0.4) is 0 Å². The summed E-state index contributed by atoms with van der Waals surface area (Å²) < 4.78 is 16.7. The topological polar surface area (TPSA) is 117 Å². The zero-order valence-corrected chi connectivity index (χ0v) is 16.1. The molecule has 154 valence electrons. The lowest BCUT2D eigenvalue weighted by Gasteiger charge is -2.28. The van der Waals surface area contributed by atoms with Crippen molar-refractivity contribution in [1.82, 2.24) is 14.8 Å². The van der Waals surface area contributed by atoms with Gasteiger partial charge in [0.05, 0.1) is 13.7 Å². The van der Waals surface area contributed by atoms with E-state index >= 15 is 0 Å². The lowest BCUT2D eigenvalue weighted by molar-refractivity contribution is -0.121. The van der Waals surface area contributed by atoms with Gasteiger partial charge in [-0.3, -0.25) is 9.69 Å². The highest BCUT2D eigenvalue weighted by Crippen LogP contribution is 2.32. The van der Waals surface area contributed by atoms with Crippen LogP contribution in [0.25, 0.3) is 5.82 Å². The number of rotatable bonds is 7. The second-order valence-electron chi connectivity index (χ2n) is 6.49. The van der Waals surface area contributed by atoms with E-state index in [1.165, 1.54) is 4.90 Å². The first-order chi connectivity index (χ1) is 14.6. The van der Waals surface area contributed by atoms with Crippen molar-refractivity contribution < 1.29 is 23.5 Å². The predicted octanol–water partition coefficient (Wildman–Crippen LogP) is 1.29.